The minimum absolute atomic E-state index is 0.0801. The molecular weight excluding hydrogens is 356 g/mol. The monoisotopic (exact) mass is 374 g/mol. The summed E-state index contributed by atoms with van der Waals surface area (Å²) in [5.41, 5.74) is 4.30. The van der Waals surface area contributed by atoms with Gasteiger partial charge in [-0.2, -0.15) is 5.10 Å². The smallest absolute Gasteiger partial charge is 0.244 e. The predicted octanol–water partition coefficient (Wildman–Crippen LogP) is 3.93. The second-order valence-corrected chi connectivity index (χ2v) is 6.22. The lowest BCUT2D eigenvalue weighted by molar-refractivity contribution is -0.120. The molecule has 0 heterocycles. The Balaban J connectivity index is 1.93. The number of carbonyl (C=O) groups excluding carboxylic acids is 1. The fourth-order valence-electron chi connectivity index (χ4n) is 1.95. The van der Waals surface area contributed by atoms with Crippen molar-refractivity contribution in [2.24, 2.45) is 5.10 Å². The molecule has 2 rings (SSSR count). The van der Waals surface area contributed by atoms with Gasteiger partial charge in [-0.15, -0.1) is 0 Å². The Kier molecular flexibility index (Phi) is 6.35. The summed E-state index contributed by atoms with van der Waals surface area (Å²) in [6, 6.07) is 15.2. The maximum atomic E-state index is 11.9. The summed E-state index contributed by atoms with van der Waals surface area (Å²) in [5, 5.41) is 4.01. The molecule has 4 nitrogen and oxygen atoms in total. The van der Waals surface area contributed by atoms with E-state index in [1.807, 2.05) is 62.4 Å². The topological polar surface area (TPSA) is 50.7 Å². The van der Waals surface area contributed by atoms with E-state index in [0.717, 1.165) is 21.3 Å². The maximum absolute atomic E-state index is 11.9. The highest BCUT2D eigenvalue weighted by molar-refractivity contribution is 9.10. The molecule has 0 aromatic heterocycles. The van der Waals surface area contributed by atoms with Gasteiger partial charge in [0, 0.05) is 10.0 Å². The molecular formula is C18H19BrN2O2. The highest BCUT2D eigenvalue weighted by Crippen LogP contribution is 2.17. The van der Waals surface area contributed by atoms with Crippen LogP contribution in [-0.4, -0.2) is 18.2 Å². The van der Waals surface area contributed by atoms with E-state index in [9.17, 15) is 4.79 Å². The molecule has 1 N–H and O–H groups in total. The molecule has 0 unspecified atom stereocenters. The Morgan fingerprint density at radius 3 is 2.61 bits per heavy atom. The Labute approximate surface area is 144 Å². The van der Waals surface area contributed by atoms with Crippen LogP contribution in [0.4, 0.5) is 0 Å². The minimum atomic E-state index is -0.161. The Morgan fingerprint density at radius 1 is 1.22 bits per heavy atom. The zero-order valence-corrected chi connectivity index (χ0v) is 14.7. The molecule has 0 saturated carbocycles. The number of carbonyl (C=O) groups is 1. The van der Waals surface area contributed by atoms with Gasteiger partial charge < -0.3 is 4.74 Å². The molecule has 0 radical (unpaired) electrons. The first-order valence-electron chi connectivity index (χ1n) is 7.36. The molecule has 2 aromatic carbocycles. The number of nitrogens with one attached hydrogen (secondary N) is 1. The van der Waals surface area contributed by atoms with Gasteiger partial charge in [0.1, 0.15) is 5.75 Å². The summed E-state index contributed by atoms with van der Waals surface area (Å²) in [6.07, 6.45) is 1.96. The number of benzene rings is 2. The van der Waals surface area contributed by atoms with Crippen molar-refractivity contribution in [1.82, 2.24) is 5.43 Å². The summed E-state index contributed by atoms with van der Waals surface area (Å²) in [6.45, 7) is 3.93. The molecule has 0 aliphatic carbocycles. The maximum Gasteiger partial charge on any atom is 0.244 e. The SMILES string of the molecule is CC(C)Oc1ccccc1/C=N\NC(=O)Cc1ccc(Br)cc1. The average Bonchev–Trinajstić information content (AvgIpc) is 2.51. The number of para-hydroxylation sites is 1. The van der Waals surface area contributed by atoms with Gasteiger partial charge in [-0.1, -0.05) is 40.2 Å². The number of amides is 1. The van der Waals surface area contributed by atoms with Gasteiger partial charge in [-0.25, -0.2) is 5.43 Å². The van der Waals surface area contributed by atoms with Crippen molar-refractivity contribution in [3.8, 4) is 5.75 Å². The van der Waals surface area contributed by atoms with E-state index in [1.54, 1.807) is 6.21 Å². The third-order valence-corrected chi connectivity index (χ3v) is 3.48. The summed E-state index contributed by atoms with van der Waals surface area (Å²) >= 11 is 3.37. The molecule has 23 heavy (non-hydrogen) atoms. The van der Waals surface area contributed by atoms with Crippen LogP contribution < -0.4 is 10.2 Å². The first kappa shape index (κ1) is 17.2. The van der Waals surface area contributed by atoms with Crippen LogP contribution in [-0.2, 0) is 11.2 Å². The van der Waals surface area contributed by atoms with E-state index < -0.39 is 0 Å². The molecule has 0 saturated heterocycles. The molecule has 0 aliphatic heterocycles. The van der Waals surface area contributed by atoms with E-state index in [2.05, 4.69) is 26.5 Å². The van der Waals surface area contributed by atoms with E-state index in [-0.39, 0.29) is 18.4 Å². The Hall–Kier alpha value is -2.14. The zero-order valence-electron chi connectivity index (χ0n) is 13.1. The van der Waals surface area contributed by atoms with Crippen LogP contribution in [0.2, 0.25) is 0 Å². The van der Waals surface area contributed by atoms with E-state index in [0.29, 0.717) is 0 Å². The van der Waals surface area contributed by atoms with Gasteiger partial charge in [-0.05, 0) is 43.7 Å². The number of ether oxygens (including phenoxy) is 1. The van der Waals surface area contributed by atoms with Crippen LogP contribution in [0.5, 0.6) is 5.75 Å². The molecule has 0 aliphatic rings. The van der Waals surface area contributed by atoms with Gasteiger partial charge in [0.15, 0.2) is 0 Å². The van der Waals surface area contributed by atoms with Crippen molar-refractivity contribution >= 4 is 28.1 Å². The normalized spacial score (nSPS) is 11.0. The van der Waals surface area contributed by atoms with Crippen LogP contribution in [0.3, 0.4) is 0 Å². The molecule has 120 valence electrons. The van der Waals surface area contributed by atoms with Gasteiger partial charge in [0.2, 0.25) is 5.91 Å². The largest absolute Gasteiger partial charge is 0.490 e. The zero-order chi connectivity index (χ0) is 16.7. The van der Waals surface area contributed by atoms with E-state index in [1.165, 1.54) is 0 Å². The molecule has 2 aromatic rings. The van der Waals surface area contributed by atoms with E-state index in [4.69, 9.17) is 4.74 Å². The second-order valence-electron chi connectivity index (χ2n) is 5.30. The van der Waals surface area contributed by atoms with Crippen molar-refractivity contribution in [3.63, 3.8) is 0 Å². The molecule has 0 spiro atoms. The number of halogens is 1. The van der Waals surface area contributed by atoms with Crippen molar-refractivity contribution < 1.29 is 9.53 Å². The first-order chi connectivity index (χ1) is 11.0. The standard InChI is InChI=1S/C18H19BrN2O2/c1-13(2)23-17-6-4-3-5-15(17)12-20-21-18(22)11-14-7-9-16(19)10-8-14/h3-10,12-13H,11H2,1-2H3,(H,21,22)/b20-12-. The number of hydrogen-bond acceptors (Lipinski definition) is 3. The summed E-state index contributed by atoms with van der Waals surface area (Å²) in [4.78, 5) is 11.9. The van der Waals surface area contributed by atoms with Crippen LogP contribution in [0.15, 0.2) is 58.1 Å². The second kappa shape index (κ2) is 8.48. The third-order valence-electron chi connectivity index (χ3n) is 2.95. The van der Waals surface area contributed by atoms with Gasteiger partial charge in [0.25, 0.3) is 0 Å². The fourth-order valence-corrected chi connectivity index (χ4v) is 2.21. The van der Waals surface area contributed by atoms with Crippen LogP contribution in [0.1, 0.15) is 25.0 Å². The Morgan fingerprint density at radius 2 is 1.91 bits per heavy atom. The quantitative estimate of drug-likeness (QED) is 0.615. The number of hydrogen-bond donors (Lipinski definition) is 1. The molecule has 1 amide bonds. The highest BCUT2D eigenvalue weighted by Gasteiger charge is 2.04. The first-order valence-corrected chi connectivity index (χ1v) is 8.16. The van der Waals surface area contributed by atoms with Crippen molar-refractivity contribution in [2.45, 2.75) is 26.4 Å². The lowest BCUT2D eigenvalue weighted by atomic mass is 10.1. The summed E-state index contributed by atoms with van der Waals surface area (Å²) < 4.78 is 6.69. The number of hydrazone groups is 1. The van der Waals surface area contributed by atoms with Gasteiger partial charge in [-0.3, -0.25) is 4.79 Å². The lowest BCUT2D eigenvalue weighted by Crippen LogP contribution is -2.19. The molecule has 5 heteroatoms. The summed E-state index contributed by atoms with van der Waals surface area (Å²) in [7, 11) is 0. The van der Waals surface area contributed by atoms with Crippen LogP contribution in [0, 0.1) is 0 Å². The van der Waals surface area contributed by atoms with Crippen molar-refractivity contribution in [1.29, 1.82) is 0 Å². The minimum Gasteiger partial charge on any atom is -0.490 e. The van der Waals surface area contributed by atoms with Crippen LogP contribution >= 0.6 is 15.9 Å². The van der Waals surface area contributed by atoms with E-state index >= 15 is 0 Å². The van der Waals surface area contributed by atoms with Gasteiger partial charge >= 0.3 is 0 Å². The Bertz CT molecular complexity index is 682. The van der Waals surface area contributed by atoms with Crippen molar-refractivity contribution in [3.05, 3.63) is 64.1 Å². The molecule has 0 fully saturated rings. The van der Waals surface area contributed by atoms with Crippen molar-refractivity contribution in [2.75, 3.05) is 0 Å². The molecule has 0 bridgehead atoms. The summed E-state index contributed by atoms with van der Waals surface area (Å²) in [5.74, 6) is 0.583. The number of nitrogens with zero attached hydrogens (tertiary/aromatic N) is 1. The lowest BCUT2D eigenvalue weighted by Gasteiger charge is -2.11. The molecule has 0 atom stereocenters. The predicted molar refractivity (Wildman–Crippen MR) is 95.8 cm³/mol. The van der Waals surface area contributed by atoms with Gasteiger partial charge in [0.05, 0.1) is 18.7 Å². The average molecular weight is 375 g/mol. The third kappa shape index (κ3) is 5.87. The number of rotatable bonds is 6. The highest BCUT2D eigenvalue weighted by atomic mass is 79.9. The van der Waals surface area contributed by atoms with Crippen LogP contribution in [0.25, 0.3) is 0 Å². The fraction of sp³-hybridized carbons (Fsp3) is 0.222.